The summed E-state index contributed by atoms with van der Waals surface area (Å²) in [5, 5.41) is 8.84. The number of hydrogen-bond donors (Lipinski definition) is 1. The fourth-order valence-electron chi connectivity index (χ4n) is 1.36. The van der Waals surface area contributed by atoms with Crippen LogP contribution in [0.1, 0.15) is 6.92 Å². The molecule has 1 aromatic carbocycles. The van der Waals surface area contributed by atoms with E-state index in [1.807, 2.05) is 30.5 Å². The van der Waals surface area contributed by atoms with E-state index in [1.165, 1.54) is 4.90 Å². The summed E-state index contributed by atoms with van der Waals surface area (Å²) in [6, 6.07) is 7.36. The van der Waals surface area contributed by atoms with Crippen LogP contribution in [-0.4, -0.2) is 48.5 Å². The molecule has 0 heterocycles. The normalized spacial score (nSPS) is 11.8. The predicted octanol–water partition coefficient (Wildman–Crippen LogP) is 2.61. The molecule has 0 aliphatic carbocycles. The highest BCUT2D eigenvalue weighted by Gasteiger charge is 2.15. The van der Waals surface area contributed by atoms with Gasteiger partial charge in [-0.2, -0.15) is 0 Å². The Bertz CT molecular complexity index is 386. The van der Waals surface area contributed by atoms with E-state index in [0.717, 1.165) is 5.75 Å². The summed E-state index contributed by atoms with van der Waals surface area (Å²) in [7, 11) is 1.78. The van der Waals surface area contributed by atoms with Gasteiger partial charge >= 0.3 is 5.97 Å². The van der Waals surface area contributed by atoms with Gasteiger partial charge in [-0.25, -0.2) is 0 Å². The monoisotopic (exact) mass is 305 g/mol. The summed E-state index contributed by atoms with van der Waals surface area (Å²) >= 11 is 1.68. The van der Waals surface area contributed by atoms with Gasteiger partial charge in [0.05, 0.1) is 0 Å². The number of hydrogen-bond acceptors (Lipinski definition) is 4. The third kappa shape index (κ3) is 6.18. The largest absolute Gasteiger partial charge is 0.492 e. The first-order valence-corrected chi connectivity index (χ1v) is 6.97. The highest BCUT2D eigenvalue weighted by atomic mass is 35.5. The van der Waals surface area contributed by atoms with Gasteiger partial charge in [0.15, 0.2) is 0 Å². The second-order valence-electron chi connectivity index (χ2n) is 4.02. The van der Waals surface area contributed by atoms with Gasteiger partial charge < -0.3 is 9.84 Å². The molecule has 0 bridgehead atoms. The zero-order valence-corrected chi connectivity index (χ0v) is 13.0. The van der Waals surface area contributed by atoms with Gasteiger partial charge in [0.1, 0.15) is 18.4 Å². The Morgan fingerprint density at radius 2 is 2.00 bits per heavy atom. The number of thioether (sulfide) groups is 1. The van der Waals surface area contributed by atoms with Gasteiger partial charge in [-0.15, -0.1) is 24.2 Å². The van der Waals surface area contributed by atoms with Crippen molar-refractivity contribution in [3.8, 4) is 5.75 Å². The molecule has 1 aromatic rings. The standard InChI is InChI=1S/C13H19NO3S.ClH/c1-10(13(15)16)14(2)8-9-17-11-4-6-12(18-3)7-5-11;/h4-7,10H,8-9H2,1-3H3,(H,15,16);1H. The van der Waals surface area contributed by atoms with E-state index < -0.39 is 12.0 Å². The van der Waals surface area contributed by atoms with Gasteiger partial charge in [-0.05, 0) is 44.5 Å². The summed E-state index contributed by atoms with van der Waals surface area (Å²) in [6.07, 6.45) is 2.03. The number of halogens is 1. The minimum atomic E-state index is -0.818. The van der Waals surface area contributed by atoms with Crippen LogP contribution in [0.5, 0.6) is 5.75 Å². The van der Waals surface area contributed by atoms with Crippen molar-refractivity contribution in [2.75, 3.05) is 26.5 Å². The number of carboxylic acids is 1. The molecule has 0 radical (unpaired) electrons. The number of carbonyl (C=O) groups is 1. The molecule has 108 valence electrons. The zero-order chi connectivity index (χ0) is 13.5. The maximum Gasteiger partial charge on any atom is 0.320 e. The average molecular weight is 306 g/mol. The van der Waals surface area contributed by atoms with Crippen LogP contribution in [0.25, 0.3) is 0 Å². The maximum atomic E-state index is 10.8. The summed E-state index contributed by atoms with van der Waals surface area (Å²) < 4.78 is 5.56. The van der Waals surface area contributed by atoms with Crippen molar-refractivity contribution in [3.05, 3.63) is 24.3 Å². The molecule has 1 unspecified atom stereocenters. The molecule has 0 saturated heterocycles. The van der Waals surface area contributed by atoms with Gasteiger partial charge in [0.25, 0.3) is 0 Å². The van der Waals surface area contributed by atoms with Crippen molar-refractivity contribution in [1.29, 1.82) is 0 Å². The van der Waals surface area contributed by atoms with Gasteiger partial charge in [-0.3, -0.25) is 9.69 Å². The van der Waals surface area contributed by atoms with Crippen molar-refractivity contribution in [3.63, 3.8) is 0 Å². The number of benzene rings is 1. The molecule has 1 atom stereocenters. The van der Waals surface area contributed by atoms with E-state index in [-0.39, 0.29) is 12.4 Å². The Labute approximate surface area is 124 Å². The first kappa shape index (κ1) is 18.1. The quantitative estimate of drug-likeness (QED) is 0.785. The lowest BCUT2D eigenvalue weighted by molar-refractivity contribution is -0.142. The number of rotatable bonds is 7. The van der Waals surface area contributed by atoms with E-state index in [9.17, 15) is 4.79 Å². The molecule has 0 saturated carbocycles. The number of ether oxygens (including phenoxy) is 1. The number of nitrogens with zero attached hydrogens (tertiary/aromatic N) is 1. The number of likely N-dealkylation sites (N-methyl/N-ethyl adjacent to an activating group) is 1. The third-order valence-corrected chi connectivity index (χ3v) is 3.53. The van der Waals surface area contributed by atoms with Crippen LogP contribution in [0.15, 0.2) is 29.2 Å². The summed E-state index contributed by atoms with van der Waals surface area (Å²) in [5.41, 5.74) is 0. The molecule has 4 nitrogen and oxygen atoms in total. The number of carboxylic acid groups (broad SMARTS) is 1. The molecular weight excluding hydrogens is 286 g/mol. The SMILES string of the molecule is CSc1ccc(OCCN(C)C(C)C(=O)O)cc1.Cl. The third-order valence-electron chi connectivity index (χ3n) is 2.79. The lowest BCUT2D eigenvalue weighted by atomic mass is 10.3. The highest BCUT2D eigenvalue weighted by Crippen LogP contribution is 2.18. The Balaban J connectivity index is 0.00000324. The van der Waals surface area contributed by atoms with E-state index in [2.05, 4.69) is 0 Å². The topological polar surface area (TPSA) is 49.8 Å². The first-order valence-electron chi connectivity index (χ1n) is 5.74. The van der Waals surface area contributed by atoms with Crippen LogP contribution in [0, 0.1) is 0 Å². The minimum absolute atomic E-state index is 0. The highest BCUT2D eigenvalue weighted by molar-refractivity contribution is 7.98. The molecule has 0 fully saturated rings. The second-order valence-corrected chi connectivity index (χ2v) is 4.90. The molecule has 0 aromatic heterocycles. The summed E-state index contributed by atoms with van der Waals surface area (Å²) in [4.78, 5) is 13.7. The van der Waals surface area contributed by atoms with Crippen LogP contribution in [0.2, 0.25) is 0 Å². The van der Waals surface area contributed by atoms with Crippen LogP contribution in [-0.2, 0) is 4.79 Å². The van der Waals surface area contributed by atoms with Crippen molar-refractivity contribution in [1.82, 2.24) is 4.90 Å². The van der Waals surface area contributed by atoms with E-state index in [1.54, 1.807) is 30.6 Å². The van der Waals surface area contributed by atoms with Crippen LogP contribution < -0.4 is 4.74 Å². The average Bonchev–Trinajstić information content (AvgIpc) is 2.38. The zero-order valence-electron chi connectivity index (χ0n) is 11.3. The van der Waals surface area contributed by atoms with Gasteiger partial charge in [0.2, 0.25) is 0 Å². The Morgan fingerprint density at radius 1 is 1.42 bits per heavy atom. The van der Waals surface area contributed by atoms with Crippen molar-refractivity contribution < 1.29 is 14.6 Å². The van der Waals surface area contributed by atoms with E-state index in [4.69, 9.17) is 9.84 Å². The lowest BCUT2D eigenvalue weighted by Gasteiger charge is -2.20. The first-order chi connectivity index (χ1) is 8.54. The molecule has 6 heteroatoms. The number of aliphatic carboxylic acids is 1. The van der Waals surface area contributed by atoms with Crippen molar-refractivity contribution in [2.24, 2.45) is 0 Å². The lowest BCUT2D eigenvalue weighted by Crippen LogP contribution is -2.38. The molecular formula is C13H20ClNO3S. The van der Waals surface area contributed by atoms with Crippen molar-refractivity contribution >= 4 is 30.1 Å². The molecule has 19 heavy (non-hydrogen) atoms. The molecule has 0 aliphatic rings. The van der Waals surface area contributed by atoms with E-state index >= 15 is 0 Å². The summed E-state index contributed by atoms with van der Waals surface area (Å²) in [5.74, 6) is -0.00833. The summed E-state index contributed by atoms with van der Waals surface area (Å²) in [6.45, 7) is 2.72. The fourth-order valence-corrected chi connectivity index (χ4v) is 1.77. The van der Waals surface area contributed by atoms with Gasteiger partial charge in [0, 0.05) is 11.4 Å². The fraction of sp³-hybridized carbons (Fsp3) is 0.462. The molecule has 1 rings (SSSR count). The smallest absolute Gasteiger partial charge is 0.320 e. The molecule has 0 aliphatic heterocycles. The molecule has 0 amide bonds. The second kappa shape index (κ2) is 9.07. The minimum Gasteiger partial charge on any atom is -0.492 e. The molecule has 0 spiro atoms. The Morgan fingerprint density at radius 3 is 2.47 bits per heavy atom. The van der Waals surface area contributed by atoms with Crippen LogP contribution in [0.4, 0.5) is 0 Å². The van der Waals surface area contributed by atoms with Crippen LogP contribution in [0.3, 0.4) is 0 Å². The molecule has 1 N–H and O–H groups in total. The Kier molecular flexibility index (Phi) is 8.63. The van der Waals surface area contributed by atoms with Crippen molar-refractivity contribution in [2.45, 2.75) is 17.9 Å². The van der Waals surface area contributed by atoms with E-state index in [0.29, 0.717) is 13.2 Å². The maximum absolute atomic E-state index is 10.8. The Hall–Kier alpha value is -0.910. The van der Waals surface area contributed by atoms with Crippen LogP contribution >= 0.6 is 24.2 Å². The van der Waals surface area contributed by atoms with Gasteiger partial charge in [-0.1, -0.05) is 0 Å². The predicted molar refractivity (Wildman–Crippen MR) is 80.7 cm³/mol.